The normalized spacial score (nSPS) is 17.0. The van der Waals surface area contributed by atoms with Gasteiger partial charge in [-0.15, -0.1) is 0 Å². The molecule has 98 valence electrons. The number of benzene rings is 1. The average Bonchev–Trinajstić information content (AvgIpc) is 2.81. The second-order valence-electron chi connectivity index (χ2n) is 4.69. The molecule has 0 spiro atoms. The number of hydrogen-bond donors (Lipinski definition) is 1. The zero-order valence-corrected chi connectivity index (χ0v) is 10.5. The number of rotatable bonds is 4. The van der Waals surface area contributed by atoms with Crippen LogP contribution in [0, 0.1) is 5.82 Å². The molecule has 2 aromatic rings. The summed E-state index contributed by atoms with van der Waals surface area (Å²) in [5.74, 6) is 0.672. The largest absolute Gasteiger partial charge is 0.488 e. The second-order valence-corrected chi connectivity index (χ2v) is 4.69. The molecule has 2 heterocycles. The number of halogens is 1. The fourth-order valence-electron chi connectivity index (χ4n) is 2.30. The third kappa shape index (κ3) is 2.90. The van der Waals surface area contributed by atoms with Crippen LogP contribution in [0.15, 0.2) is 42.7 Å². The van der Waals surface area contributed by atoms with E-state index < -0.39 is 0 Å². The van der Waals surface area contributed by atoms with Crippen LogP contribution < -0.4 is 10.1 Å². The van der Waals surface area contributed by atoms with Crippen LogP contribution in [0.4, 0.5) is 4.39 Å². The summed E-state index contributed by atoms with van der Waals surface area (Å²) >= 11 is 0. The predicted molar refractivity (Wildman–Crippen MR) is 70.5 cm³/mol. The topological polar surface area (TPSA) is 34.2 Å². The maximum absolute atomic E-state index is 13.0. The van der Waals surface area contributed by atoms with Gasteiger partial charge in [0.05, 0.1) is 6.20 Å². The van der Waals surface area contributed by atoms with Crippen molar-refractivity contribution in [1.29, 1.82) is 0 Å². The quantitative estimate of drug-likeness (QED) is 0.913. The molecule has 0 radical (unpaired) electrons. The first-order valence-corrected chi connectivity index (χ1v) is 6.36. The van der Waals surface area contributed by atoms with Crippen molar-refractivity contribution in [3.8, 4) is 5.75 Å². The summed E-state index contributed by atoms with van der Waals surface area (Å²) in [5.41, 5.74) is 2.09. The van der Waals surface area contributed by atoms with E-state index in [1.54, 1.807) is 6.20 Å². The summed E-state index contributed by atoms with van der Waals surface area (Å²) < 4.78 is 18.8. The Hall–Kier alpha value is -1.94. The van der Waals surface area contributed by atoms with Gasteiger partial charge in [0, 0.05) is 25.7 Å². The summed E-state index contributed by atoms with van der Waals surface area (Å²) in [5, 5.41) is 3.27. The Kier molecular flexibility index (Phi) is 3.42. The molecule has 1 aromatic heterocycles. The number of hydrogen-bond acceptors (Lipinski definition) is 3. The van der Waals surface area contributed by atoms with Gasteiger partial charge in [-0.25, -0.2) is 4.39 Å². The van der Waals surface area contributed by atoms with Crippen molar-refractivity contribution < 1.29 is 9.13 Å². The highest BCUT2D eigenvalue weighted by Gasteiger charge is 2.21. The minimum atomic E-state index is -0.302. The zero-order chi connectivity index (χ0) is 13.1. The van der Waals surface area contributed by atoms with Gasteiger partial charge in [0.25, 0.3) is 0 Å². The van der Waals surface area contributed by atoms with Crippen LogP contribution in [-0.2, 0) is 13.0 Å². The highest BCUT2D eigenvalue weighted by Crippen LogP contribution is 2.27. The lowest BCUT2D eigenvalue weighted by molar-refractivity contribution is 0.227. The maximum atomic E-state index is 13.0. The fraction of sp³-hybridized carbons (Fsp3) is 0.267. The molecule has 0 amide bonds. The van der Waals surface area contributed by atoms with Crippen LogP contribution in [0.3, 0.4) is 0 Å². The van der Waals surface area contributed by atoms with Crippen molar-refractivity contribution >= 4 is 0 Å². The molecule has 1 aliphatic rings. The summed E-state index contributed by atoms with van der Waals surface area (Å²) in [7, 11) is 0. The van der Waals surface area contributed by atoms with E-state index in [4.69, 9.17) is 4.74 Å². The molecule has 0 aliphatic carbocycles. The number of ether oxygens (including phenoxy) is 1. The molecule has 1 atom stereocenters. The van der Waals surface area contributed by atoms with Gasteiger partial charge in [-0.3, -0.25) is 4.98 Å². The number of aromatic nitrogens is 1. The predicted octanol–water partition coefficient (Wildman–Crippen LogP) is 2.31. The Labute approximate surface area is 111 Å². The Morgan fingerprint density at radius 2 is 2.21 bits per heavy atom. The molecule has 19 heavy (non-hydrogen) atoms. The molecule has 0 fully saturated rings. The summed E-state index contributed by atoms with van der Waals surface area (Å²) in [6.45, 7) is 1.34. The van der Waals surface area contributed by atoms with Crippen LogP contribution in [0.25, 0.3) is 0 Å². The first-order chi connectivity index (χ1) is 9.31. The lowest BCUT2D eigenvalue weighted by Gasteiger charge is -2.11. The number of pyridine rings is 1. The van der Waals surface area contributed by atoms with Crippen molar-refractivity contribution in [2.24, 2.45) is 0 Å². The van der Waals surface area contributed by atoms with Gasteiger partial charge in [-0.2, -0.15) is 0 Å². The molecule has 1 aliphatic heterocycles. The molecule has 4 heteroatoms. The van der Waals surface area contributed by atoms with Crippen molar-refractivity contribution in [1.82, 2.24) is 10.3 Å². The number of fused-ring (bicyclic) bond motifs is 1. The van der Waals surface area contributed by atoms with E-state index in [0.717, 1.165) is 24.3 Å². The fourth-order valence-corrected chi connectivity index (χ4v) is 2.30. The van der Waals surface area contributed by atoms with Crippen LogP contribution >= 0.6 is 0 Å². The third-order valence-electron chi connectivity index (χ3n) is 3.18. The molecule has 3 nitrogen and oxygen atoms in total. The summed E-state index contributed by atoms with van der Waals surface area (Å²) in [4.78, 5) is 3.82. The zero-order valence-electron chi connectivity index (χ0n) is 10.5. The van der Waals surface area contributed by atoms with E-state index in [0.29, 0.717) is 6.54 Å². The SMILES string of the molecule is Fc1cncc(CNCC2Cc3ccccc3O2)c1. The van der Waals surface area contributed by atoms with E-state index in [-0.39, 0.29) is 11.9 Å². The molecule has 0 bridgehead atoms. The third-order valence-corrected chi connectivity index (χ3v) is 3.18. The average molecular weight is 258 g/mol. The van der Waals surface area contributed by atoms with Crippen molar-refractivity contribution in [2.75, 3.05) is 6.54 Å². The van der Waals surface area contributed by atoms with Gasteiger partial charge < -0.3 is 10.1 Å². The number of para-hydroxylation sites is 1. The van der Waals surface area contributed by atoms with Crippen molar-refractivity contribution in [3.05, 3.63) is 59.7 Å². The molecular formula is C15H15FN2O. The van der Waals surface area contributed by atoms with Gasteiger partial charge in [0.1, 0.15) is 17.7 Å². The standard InChI is InChI=1S/C15H15FN2O/c16-13-5-11(7-17-9-13)8-18-10-14-6-12-3-1-2-4-15(12)19-14/h1-5,7,9,14,18H,6,8,10H2. The first kappa shape index (κ1) is 12.1. The highest BCUT2D eigenvalue weighted by atomic mass is 19.1. The van der Waals surface area contributed by atoms with E-state index in [9.17, 15) is 4.39 Å². The smallest absolute Gasteiger partial charge is 0.141 e. The molecule has 0 saturated heterocycles. The maximum Gasteiger partial charge on any atom is 0.141 e. The lowest BCUT2D eigenvalue weighted by Crippen LogP contribution is -2.29. The minimum Gasteiger partial charge on any atom is -0.488 e. The van der Waals surface area contributed by atoms with Gasteiger partial charge in [0.2, 0.25) is 0 Å². The summed E-state index contributed by atoms with van der Waals surface area (Å²) in [6.07, 6.45) is 3.95. The molecule has 1 unspecified atom stereocenters. The first-order valence-electron chi connectivity index (χ1n) is 6.36. The number of nitrogens with one attached hydrogen (secondary N) is 1. The van der Waals surface area contributed by atoms with Gasteiger partial charge >= 0.3 is 0 Å². The molecule has 0 saturated carbocycles. The van der Waals surface area contributed by atoms with Crippen LogP contribution in [-0.4, -0.2) is 17.6 Å². The molecule has 1 aromatic carbocycles. The molecule has 3 rings (SSSR count). The second kappa shape index (κ2) is 5.36. The van der Waals surface area contributed by atoms with Gasteiger partial charge in [0.15, 0.2) is 0 Å². The monoisotopic (exact) mass is 258 g/mol. The van der Waals surface area contributed by atoms with Crippen LogP contribution in [0.2, 0.25) is 0 Å². The molecule has 1 N–H and O–H groups in total. The van der Waals surface area contributed by atoms with E-state index in [2.05, 4.69) is 16.4 Å². The Morgan fingerprint density at radius 1 is 1.32 bits per heavy atom. The van der Waals surface area contributed by atoms with Gasteiger partial charge in [-0.05, 0) is 23.3 Å². The Balaban J connectivity index is 1.50. The van der Waals surface area contributed by atoms with Crippen molar-refractivity contribution in [3.63, 3.8) is 0 Å². The summed E-state index contributed by atoms with van der Waals surface area (Å²) in [6, 6.07) is 9.57. The van der Waals surface area contributed by atoms with E-state index in [1.807, 2.05) is 18.2 Å². The highest BCUT2D eigenvalue weighted by molar-refractivity contribution is 5.37. The molecular weight excluding hydrogens is 243 g/mol. The van der Waals surface area contributed by atoms with Gasteiger partial charge in [-0.1, -0.05) is 18.2 Å². The lowest BCUT2D eigenvalue weighted by atomic mass is 10.1. The van der Waals surface area contributed by atoms with E-state index in [1.165, 1.54) is 17.8 Å². The van der Waals surface area contributed by atoms with Crippen LogP contribution in [0.5, 0.6) is 5.75 Å². The van der Waals surface area contributed by atoms with Crippen molar-refractivity contribution in [2.45, 2.75) is 19.1 Å². The van der Waals surface area contributed by atoms with Crippen LogP contribution in [0.1, 0.15) is 11.1 Å². The Bertz CT molecular complexity index is 549. The van der Waals surface area contributed by atoms with E-state index >= 15 is 0 Å². The number of nitrogens with zero attached hydrogens (tertiary/aromatic N) is 1. The Morgan fingerprint density at radius 3 is 3.05 bits per heavy atom. The minimum absolute atomic E-state index is 0.152.